The highest BCUT2D eigenvalue weighted by atomic mass is 28.3. The fraction of sp³-hybridized carbons (Fsp3) is 0.538. The maximum atomic E-state index is 10.3. The Morgan fingerprint density at radius 3 is 2.44 bits per heavy atom. The third kappa shape index (κ3) is 2.47. The Morgan fingerprint density at radius 2 is 1.94 bits per heavy atom. The van der Waals surface area contributed by atoms with Crippen LogP contribution < -0.4 is 4.74 Å². The summed E-state index contributed by atoms with van der Waals surface area (Å²) in [4.78, 5) is 0. The van der Waals surface area contributed by atoms with Crippen molar-refractivity contribution >= 4 is 8.07 Å². The van der Waals surface area contributed by atoms with Crippen molar-refractivity contribution in [3.8, 4) is 5.75 Å². The molecule has 0 spiro atoms. The molecule has 0 bridgehead atoms. The van der Waals surface area contributed by atoms with Crippen molar-refractivity contribution in [2.75, 3.05) is 6.61 Å². The zero-order chi connectivity index (χ0) is 11.8. The highest BCUT2D eigenvalue weighted by Crippen LogP contribution is 2.55. The van der Waals surface area contributed by atoms with Gasteiger partial charge in [-0.3, -0.25) is 0 Å². The molecule has 0 heterocycles. The van der Waals surface area contributed by atoms with Crippen LogP contribution in [0.1, 0.15) is 6.42 Å². The second-order valence-electron chi connectivity index (χ2n) is 5.83. The maximum Gasteiger partial charge on any atom is 0.119 e. The molecule has 1 fully saturated rings. The van der Waals surface area contributed by atoms with Gasteiger partial charge in [-0.15, -0.1) is 0 Å². The molecule has 1 saturated carbocycles. The molecule has 0 unspecified atom stereocenters. The lowest BCUT2D eigenvalue weighted by Gasteiger charge is -2.19. The van der Waals surface area contributed by atoms with E-state index in [1.165, 1.54) is 0 Å². The van der Waals surface area contributed by atoms with E-state index in [1.807, 2.05) is 30.3 Å². The van der Waals surface area contributed by atoms with Crippen molar-refractivity contribution in [1.29, 1.82) is 0 Å². The van der Waals surface area contributed by atoms with Crippen molar-refractivity contribution < 1.29 is 9.84 Å². The summed E-state index contributed by atoms with van der Waals surface area (Å²) in [6, 6.07) is 9.71. The van der Waals surface area contributed by atoms with E-state index in [2.05, 4.69) is 19.6 Å². The van der Waals surface area contributed by atoms with Gasteiger partial charge < -0.3 is 9.84 Å². The predicted molar refractivity (Wildman–Crippen MR) is 68.6 cm³/mol. The van der Waals surface area contributed by atoms with Gasteiger partial charge in [0.1, 0.15) is 12.4 Å². The van der Waals surface area contributed by atoms with Crippen LogP contribution in [0.2, 0.25) is 25.2 Å². The molecular formula is C13H20O2Si. The minimum atomic E-state index is -1.23. The van der Waals surface area contributed by atoms with Crippen LogP contribution in [0.4, 0.5) is 0 Å². The van der Waals surface area contributed by atoms with Gasteiger partial charge in [0, 0.05) is 0 Å². The van der Waals surface area contributed by atoms with E-state index in [1.54, 1.807) is 0 Å². The number of hydrogen-bond donors (Lipinski definition) is 1. The first-order valence-corrected chi connectivity index (χ1v) is 9.40. The molecule has 0 aromatic heterocycles. The van der Waals surface area contributed by atoms with Gasteiger partial charge in [-0.2, -0.15) is 0 Å². The molecular weight excluding hydrogens is 216 g/mol. The van der Waals surface area contributed by atoms with Crippen molar-refractivity contribution in [1.82, 2.24) is 0 Å². The number of rotatable bonds is 4. The van der Waals surface area contributed by atoms with Crippen LogP contribution in [0.15, 0.2) is 30.3 Å². The Morgan fingerprint density at radius 1 is 1.31 bits per heavy atom. The summed E-state index contributed by atoms with van der Waals surface area (Å²) in [5.41, 5.74) is -0.0657. The van der Waals surface area contributed by atoms with E-state index in [0.29, 0.717) is 12.1 Å². The van der Waals surface area contributed by atoms with Gasteiger partial charge in [0.2, 0.25) is 0 Å². The Labute approximate surface area is 98.3 Å². The molecule has 1 aromatic carbocycles. The predicted octanol–water partition coefficient (Wildman–Crippen LogP) is 2.91. The summed E-state index contributed by atoms with van der Waals surface area (Å²) in [7, 11) is -1.23. The Balaban J connectivity index is 1.89. The van der Waals surface area contributed by atoms with Crippen LogP contribution in [-0.2, 0) is 0 Å². The molecule has 1 aliphatic rings. The molecule has 0 saturated heterocycles. The molecule has 2 rings (SSSR count). The first-order chi connectivity index (χ1) is 7.42. The lowest BCUT2D eigenvalue weighted by atomic mass is 10.3. The molecule has 1 N–H and O–H groups in total. The molecule has 0 radical (unpaired) electrons. The first-order valence-electron chi connectivity index (χ1n) is 5.82. The molecule has 88 valence electrons. The monoisotopic (exact) mass is 236 g/mol. The highest BCUT2D eigenvalue weighted by Gasteiger charge is 2.59. The normalized spacial score (nSPS) is 28.9. The smallest absolute Gasteiger partial charge is 0.119 e. The SMILES string of the molecule is C[Si](C)(C)[C@H]1C[C@]1(O)COc1ccccc1. The average molecular weight is 236 g/mol. The Hall–Kier alpha value is -0.803. The van der Waals surface area contributed by atoms with E-state index in [4.69, 9.17) is 4.74 Å². The van der Waals surface area contributed by atoms with E-state index in [9.17, 15) is 5.11 Å². The van der Waals surface area contributed by atoms with E-state index in [0.717, 1.165) is 12.2 Å². The summed E-state index contributed by atoms with van der Waals surface area (Å²) in [5, 5.41) is 10.3. The topological polar surface area (TPSA) is 29.5 Å². The zero-order valence-electron chi connectivity index (χ0n) is 10.2. The number of aliphatic hydroxyl groups is 1. The van der Waals surface area contributed by atoms with Gasteiger partial charge in [-0.05, 0) is 24.1 Å². The van der Waals surface area contributed by atoms with Gasteiger partial charge in [0.25, 0.3) is 0 Å². The van der Waals surface area contributed by atoms with Crippen molar-refractivity contribution in [2.24, 2.45) is 0 Å². The second kappa shape index (κ2) is 3.89. The van der Waals surface area contributed by atoms with Gasteiger partial charge in [-0.25, -0.2) is 0 Å². The lowest BCUT2D eigenvalue weighted by molar-refractivity contribution is 0.0850. The summed E-state index contributed by atoms with van der Waals surface area (Å²) in [6.45, 7) is 7.35. The van der Waals surface area contributed by atoms with Crippen molar-refractivity contribution in [3.63, 3.8) is 0 Å². The van der Waals surface area contributed by atoms with Gasteiger partial charge in [0.15, 0.2) is 0 Å². The molecule has 1 aromatic rings. The molecule has 3 heteroatoms. The van der Waals surface area contributed by atoms with Gasteiger partial charge in [-0.1, -0.05) is 37.8 Å². The number of ether oxygens (including phenoxy) is 1. The largest absolute Gasteiger partial charge is 0.491 e. The zero-order valence-corrected chi connectivity index (χ0v) is 11.2. The lowest BCUT2D eigenvalue weighted by Crippen LogP contribution is -2.30. The van der Waals surface area contributed by atoms with Gasteiger partial charge in [0.05, 0.1) is 13.7 Å². The first kappa shape index (κ1) is 11.7. The fourth-order valence-electron chi connectivity index (χ4n) is 2.29. The highest BCUT2D eigenvalue weighted by molar-refractivity contribution is 6.78. The molecule has 16 heavy (non-hydrogen) atoms. The fourth-order valence-corrected chi connectivity index (χ4v) is 4.95. The Bertz CT molecular complexity index is 358. The van der Waals surface area contributed by atoms with Crippen LogP contribution in [0.3, 0.4) is 0 Å². The van der Waals surface area contributed by atoms with Crippen molar-refractivity contribution in [2.45, 2.75) is 37.2 Å². The van der Waals surface area contributed by atoms with Gasteiger partial charge >= 0.3 is 0 Å². The van der Waals surface area contributed by atoms with Crippen molar-refractivity contribution in [3.05, 3.63) is 30.3 Å². The summed E-state index contributed by atoms with van der Waals surface area (Å²) >= 11 is 0. The van der Waals surface area contributed by atoms with Crippen LogP contribution in [0.25, 0.3) is 0 Å². The number of hydrogen-bond acceptors (Lipinski definition) is 2. The number of benzene rings is 1. The van der Waals surface area contributed by atoms with E-state index in [-0.39, 0.29) is 0 Å². The quantitative estimate of drug-likeness (QED) is 0.815. The molecule has 2 atom stereocenters. The summed E-state index contributed by atoms with van der Waals surface area (Å²) in [5.74, 6) is 0.845. The molecule has 0 aliphatic heterocycles. The third-order valence-corrected chi connectivity index (χ3v) is 6.16. The second-order valence-corrected chi connectivity index (χ2v) is 11.3. The minimum Gasteiger partial charge on any atom is -0.491 e. The summed E-state index contributed by atoms with van der Waals surface area (Å²) < 4.78 is 5.63. The van der Waals surface area contributed by atoms with E-state index < -0.39 is 13.7 Å². The maximum absolute atomic E-state index is 10.3. The van der Waals surface area contributed by atoms with Crippen LogP contribution in [-0.4, -0.2) is 25.4 Å². The standard InChI is InChI=1S/C13H20O2Si/c1-16(2,3)12-9-13(12,14)10-15-11-7-5-4-6-8-11/h4-8,12,14H,9-10H2,1-3H3/t12-,13-/m0/s1. The number of para-hydroxylation sites is 1. The molecule has 1 aliphatic carbocycles. The molecule has 0 amide bonds. The Kier molecular flexibility index (Phi) is 2.84. The van der Waals surface area contributed by atoms with Crippen LogP contribution >= 0.6 is 0 Å². The van der Waals surface area contributed by atoms with Crippen LogP contribution in [0.5, 0.6) is 5.75 Å². The minimum absolute atomic E-state index is 0.436. The molecule has 2 nitrogen and oxygen atoms in total. The average Bonchev–Trinajstić information content (AvgIpc) is 2.90. The van der Waals surface area contributed by atoms with Crippen LogP contribution in [0, 0.1) is 0 Å². The summed E-state index contributed by atoms with van der Waals surface area (Å²) in [6.07, 6.45) is 0.912. The van der Waals surface area contributed by atoms with E-state index >= 15 is 0 Å². The third-order valence-electron chi connectivity index (χ3n) is 3.32.